The Balaban J connectivity index is 1.78. The first kappa shape index (κ1) is 23.5. The highest BCUT2D eigenvalue weighted by atomic mass is 32.1. The van der Waals surface area contributed by atoms with Crippen LogP contribution in [0.4, 0.5) is 0 Å². The zero-order chi connectivity index (χ0) is 24.4. The fourth-order valence-electron chi connectivity index (χ4n) is 4.30. The Morgan fingerprint density at radius 1 is 1.29 bits per heavy atom. The fourth-order valence-corrected chi connectivity index (χ4v) is 5.17. The molecule has 178 valence electrons. The molecule has 3 heterocycles. The molecular formula is C24H26N4O5S. The first-order chi connectivity index (χ1) is 16.4. The molecule has 10 heteroatoms. The average molecular weight is 483 g/mol. The number of rotatable bonds is 9. The molecule has 0 aliphatic carbocycles. The SMILES string of the molecule is COc1cccc(C2C(C(=O)c3sc(C)nc3C)=C([O-])C(=O)N2CCC[n+]2cc[nH]c2)c1OC. The summed E-state index contributed by atoms with van der Waals surface area (Å²) in [5.41, 5.74) is 0.981. The van der Waals surface area contributed by atoms with E-state index in [-0.39, 0.29) is 12.1 Å². The number of amides is 1. The van der Waals surface area contributed by atoms with Crippen LogP contribution in [-0.4, -0.2) is 47.3 Å². The molecule has 0 spiro atoms. The molecule has 1 aromatic carbocycles. The lowest BCUT2D eigenvalue weighted by molar-refractivity contribution is -0.695. The third-order valence-corrected chi connectivity index (χ3v) is 6.86. The van der Waals surface area contributed by atoms with Gasteiger partial charge in [-0.15, -0.1) is 11.3 Å². The number of nitrogens with one attached hydrogen (secondary N) is 1. The Labute approximate surface area is 201 Å². The summed E-state index contributed by atoms with van der Waals surface area (Å²) < 4.78 is 13.0. The maximum Gasteiger partial charge on any atom is 0.241 e. The number of ether oxygens (including phenoxy) is 2. The molecule has 0 saturated heterocycles. The van der Waals surface area contributed by atoms with Crippen LogP contribution in [0.5, 0.6) is 11.5 Å². The molecule has 0 fully saturated rings. The van der Waals surface area contributed by atoms with Crippen LogP contribution in [0.25, 0.3) is 0 Å². The van der Waals surface area contributed by atoms with E-state index in [2.05, 4.69) is 9.97 Å². The monoisotopic (exact) mass is 482 g/mol. The quantitative estimate of drug-likeness (QED) is 0.368. The summed E-state index contributed by atoms with van der Waals surface area (Å²) in [6, 6.07) is 4.34. The van der Waals surface area contributed by atoms with Crippen molar-refractivity contribution in [3.63, 3.8) is 0 Å². The lowest BCUT2D eigenvalue weighted by Crippen LogP contribution is -2.37. The molecule has 1 N–H and O–H groups in total. The topological polar surface area (TPSA) is 111 Å². The fraction of sp³-hybridized carbons (Fsp3) is 0.333. The molecule has 34 heavy (non-hydrogen) atoms. The molecule has 4 rings (SSSR count). The van der Waals surface area contributed by atoms with Gasteiger partial charge in [0.05, 0.1) is 42.4 Å². The van der Waals surface area contributed by atoms with Crippen LogP contribution in [-0.2, 0) is 11.3 Å². The molecule has 3 aromatic rings. The first-order valence-electron chi connectivity index (χ1n) is 10.8. The predicted molar refractivity (Wildman–Crippen MR) is 123 cm³/mol. The Kier molecular flexibility index (Phi) is 6.69. The summed E-state index contributed by atoms with van der Waals surface area (Å²) in [5.74, 6) is -1.13. The standard InChI is InChI=1S/C24H26N4O5S/c1-14-23(34-15(2)26-14)20(29)18-19(16-7-5-8-17(32-3)22(16)33-4)28(24(31)21(18)30)11-6-10-27-12-9-25-13-27/h5,7-9,12-13,19H,6,10-11H2,1-4H3,(H,29,30). The first-order valence-corrected chi connectivity index (χ1v) is 11.6. The van der Waals surface area contributed by atoms with Gasteiger partial charge in [-0.05, 0) is 25.7 Å². The highest BCUT2D eigenvalue weighted by Crippen LogP contribution is 2.45. The minimum absolute atomic E-state index is 0.0856. The van der Waals surface area contributed by atoms with Crippen molar-refractivity contribution >= 4 is 23.0 Å². The number of hydrogen-bond acceptors (Lipinski definition) is 7. The van der Waals surface area contributed by atoms with Crippen molar-refractivity contribution in [2.45, 2.75) is 32.9 Å². The number of H-pyrrole nitrogens is 1. The van der Waals surface area contributed by atoms with Gasteiger partial charge in [-0.25, -0.2) is 9.55 Å². The van der Waals surface area contributed by atoms with Crippen LogP contribution in [0.3, 0.4) is 0 Å². The Morgan fingerprint density at radius 3 is 2.71 bits per heavy atom. The van der Waals surface area contributed by atoms with Crippen LogP contribution < -0.4 is 19.1 Å². The molecule has 1 unspecified atom stereocenters. The number of hydrogen-bond donors (Lipinski definition) is 1. The van der Waals surface area contributed by atoms with Crippen molar-refractivity contribution in [3.05, 3.63) is 69.4 Å². The second-order valence-corrected chi connectivity index (χ2v) is 9.11. The number of Topliss-reactive ketones (excluding diaryl/α,β-unsaturated/α-hetero) is 1. The molecule has 1 aliphatic rings. The van der Waals surface area contributed by atoms with Gasteiger partial charge in [-0.1, -0.05) is 12.1 Å². The number of carbonyl (C=O) groups is 2. The van der Waals surface area contributed by atoms with Crippen LogP contribution in [0.1, 0.15) is 38.4 Å². The van der Waals surface area contributed by atoms with E-state index in [0.29, 0.717) is 45.6 Å². The van der Waals surface area contributed by atoms with Gasteiger partial charge in [0.15, 0.2) is 11.5 Å². The van der Waals surface area contributed by atoms with Gasteiger partial charge in [-0.2, -0.15) is 0 Å². The van der Waals surface area contributed by atoms with Gasteiger partial charge in [0, 0.05) is 24.1 Å². The second-order valence-electron chi connectivity index (χ2n) is 7.91. The third kappa shape index (κ3) is 4.16. The van der Waals surface area contributed by atoms with Gasteiger partial charge in [-0.3, -0.25) is 14.6 Å². The molecule has 0 bridgehead atoms. The number of thiazole rings is 1. The van der Waals surface area contributed by atoms with E-state index in [1.54, 1.807) is 38.2 Å². The largest absolute Gasteiger partial charge is 0.868 e. The summed E-state index contributed by atoms with van der Waals surface area (Å²) in [5, 5.41) is 13.9. The van der Waals surface area contributed by atoms with Crippen molar-refractivity contribution in [1.29, 1.82) is 0 Å². The number of imidazole rings is 1. The summed E-state index contributed by atoms with van der Waals surface area (Å²) >= 11 is 1.22. The predicted octanol–water partition coefficient (Wildman–Crippen LogP) is 1.86. The van der Waals surface area contributed by atoms with E-state index >= 15 is 0 Å². The van der Waals surface area contributed by atoms with Gasteiger partial charge in [0.2, 0.25) is 18.0 Å². The molecule has 1 atom stereocenters. The highest BCUT2D eigenvalue weighted by Gasteiger charge is 2.42. The van der Waals surface area contributed by atoms with Crippen molar-refractivity contribution in [3.8, 4) is 11.5 Å². The number of aryl methyl sites for hydroxylation is 3. The van der Waals surface area contributed by atoms with Crippen LogP contribution in [0, 0.1) is 13.8 Å². The van der Waals surface area contributed by atoms with Crippen molar-refractivity contribution in [2.24, 2.45) is 0 Å². The van der Waals surface area contributed by atoms with Crippen LogP contribution in [0.2, 0.25) is 0 Å². The van der Waals surface area contributed by atoms with Gasteiger partial charge >= 0.3 is 0 Å². The average Bonchev–Trinajstić information content (AvgIpc) is 3.53. The van der Waals surface area contributed by atoms with Crippen molar-refractivity contribution in [2.75, 3.05) is 20.8 Å². The van der Waals surface area contributed by atoms with Crippen molar-refractivity contribution < 1.29 is 28.7 Å². The minimum atomic E-state index is -0.893. The maximum atomic E-state index is 13.6. The molecule has 2 aromatic heterocycles. The number of methoxy groups -OCH3 is 2. The molecule has 9 nitrogen and oxygen atoms in total. The number of benzene rings is 1. The summed E-state index contributed by atoms with van der Waals surface area (Å²) in [4.78, 5) is 35.9. The smallest absolute Gasteiger partial charge is 0.241 e. The van der Waals surface area contributed by atoms with Crippen LogP contribution in [0.15, 0.2) is 48.3 Å². The summed E-state index contributed by atoms with van der Waals surface area (Å²) in [6.45, 7) is 4.45. The Hall–Kier alpha value is -3.66. The van der Waals surface area contributed by atoms with E-state index in [9.17, 15) is 14.7 Å². The lowest BCUT2D eigenvalue weighted by atomic mass is 9.94. The van der Waals surface area contributed by atoms with Crippen molar-refractivity contribution in [1.82, 2.24) is 14.9 Å². The Bertz CT molecular complexity index is 1250. The summed E-state index contributed by atoms with van der Waals surface area (Å²) in [6.07, 6.45) is 6.09. The molecule has 1 aliphatic heterocycles. The van der Waals surface area contributed by atoms with E-state index in [4.69, 9.17) is 9.47 Å². The number of nitrogens with zero attached hydrogens (tertiary/aromatic N) is 3. The molecule has 0 radical (unpaired) electrons. The van der Waals surface area contributed by atoms with Crippen LogP contribution >= 0.6 is 11.3 Å². The van der Waals surface area contributed by atoms with E-state index in [1.807, 2.05) is 17.1 Å². The zero-order valence-corrected chi connectivity index (χ0v) is 20.3. The number of carbonyl (C=O) groups excluding carboxylic acids is 2. The summed E-state index contributed by atoms with van der Waals surface area (Å²) in [7, 11) is 3.00. The normalized spacial score (nSPS) is 15.8. The molecular weight excluding hydrogens is 456 g/mol. The highest BCUT2D eigenvalue weighted by molar-refractivity contribution is 7.14. The number of aromatic nitrogens is 3. The van der Waals surface area contributed by atoms with E-state index < -0.39 is 23.5 Å². The van der Waals surface area contributed by atoms with Gasteiger partial charge < -0.3 is 19.5 Å². The van der Waals surface area contributed by atoms with Gasteiger partial charge in [0.25, 0.3) is 0 Å². The van der Waals surface area contributed by atoms with Gasteiger partial charge in [0.1, 0.15) is 12.4 Å². The third-order valence-electron chi connectivity index (χ3n) is 5.79. The zero-order valence-electron chi connectivity index (χ0n) is 19.5. The number of para-hydroxylation sites is 1. The maximum absolute atomic E-state index is 13.6. The molecule has 1 amide bonds. The number of aromatic amines is 1. The van der Waals surface area contributed by atoms with E-state index in [1.165, 1.54) is 30.5 Å². The Morgan fingerprint density at radius 2 is 2.09 bits per heavy atom. The minimum Gasteiger partial charge on any atom is -0.868 e. The lowest BCUT2D eigenvalue weighted by Gasteiger charge is -2.29. The number of ketones is 1. The van der Waals surface area contributed by atoms with E-state index in [0.717, 1.165) is 0 Å². The second kappa shape index (κ2) is 9.68. The molecule has 0 saturated carbocycles.